The molecule has 1 N–H and O–H groups in total. The molecule has 0 saturated heterocycles. The standard InChI is InChI=1S/C10H13ClN2O/c1-13(2)7-10(14)12-9-5-3-4-8(11)6-9/h3-6H,7H2,1-2H3,(H,12,14). The van der Waals surface area contributed by atoms with E-state index in [0.717, 1.165) is 5.69 Å². The maximum atomic E-state index is 11.3. The lowest BCUT2D eigenvalue weighted by Crippen LogP contribution is -2.27. The number of nitrogens with one attached hydrogen (secondary N) is 1. The molecule has 1 amide bonds. The molecular formula is C10H13ClN2O. The highest BCUT2D eigenvalue weighted by atomic mass is 35.5. The Balaban J connectivity index is 2.56. The second kappa shape index (κ2) is 4.98. The summed E-state index contributed by atoms with van der Waals surface area (Å²) in [6, 6.07) is 7.09. The predicted octanol–water partition coefficient (Wildman–Crippen LogP) is 1.84. The van der Waals surface area contributed by atoms with Crippen molar-refractivity contribution in [2.75, 3.05) is 26.0 Å². The Morgan fingerprint density at radius 2 is 2.21 bits per heavy atom. The number of benzene rings is 1. The van der Waals surface area contributed by atoms with Crippen LogP contribution in [0.25, 0.3) is 0 Å². The van der Waals surface area contributed by atoms with Gasteiger partial charge in [-0.2, -0.15) is 0 Å². The van der Waals surface area contributed by atoms with Crippen molar-refractivity contribution in [3.05, 3.63) is 29.3 Å². The molecule has 0 atom stereocenters. The van der Waals surface area contributed by atoms with Gasteiger partial charge >= 0.3 is 0 Å². The van der Waals surface area contributed by atoms with E-state index in [9.17, 15) is 4.79 Å². The summed E-state index contributed by atoms with van der Waals surface area (Å²) >= 11 is 5.77. The Bertz CT molecular complexity index is 326. The number of hydrogen-bond donors (Lipinski definition) is 1. The van der Waals surface area contributed by atoms with E-state index in [2.05, 4.69) is 5.32 Å². The van der Waals surface area contributed by atoms with Crippen LogP contribution in [0.15, 0.2) is 24.3 Å². The molecule has 0 bridgehead atoms. The second-order valence-electron chi connectivity index (χ2n) is 3.30. The smallest absolute Gasteiger partial charge is 0.238 e. The monoisotopic (exact) mass is 212 g/mol. The third-order valence-electron chi connectivity index (χ3n) is 1.57. The van der Waals surface area contributed by atoms with Crippen LogP contribution in [0, 0.1) is 0 Å². The van der Waals surface area contributed by atoms with E-state index < -0.39 is 0 Å². The molecule has 0 aromatic heterocycles. The lowest BCUT2D eigenvalue weighted by molar-refractivity contribution is -0.116. The van der Waals surface area contributed by atoms with Crippen LogP contribution in [-0.2, 0) is 4.79 Å². The quantitative estimate of drug-likeness (QED) is 0.830. The molecule has 14 heavy (non-hydrogen) atoms. The Kier molecular flexibility index (Phi) is 3.92. The van der Waals surface area contributed by atoms with Gasteiger partial charge in [0.15, 0.2) is 0 Å². The van der Waals surface area contributed by atoms with Crippen LogP contribution in [-0.4, -0.2) is 31.4 Å². The molecule has 0 aliphatic carbocycles. The molecule has 0 heterocycles. The highest BCUT2D eigenvalue weighted by Gasteiger charge is 2.03. The minimum atomic E-state index is -0.0442. The third kappa shape index (κ3) is 3.77. The number of nitrogens with zero attached hydrogens (tertiary/aromatic N) is 1. The molecule has 76 valence electrons. The van der Waals surface area contributed by atoms with Crippen LogP contribution in [0.1, 0.15) is 0 Å². The second-order valence-corrected chi connectivity index (χ2v) is 3.73. The molecule has 0 spiro atoms. The average Bonchev–Trinajstić information content (AvgIpc) is 2.01. The van der Waals surface area contributed by atoms with Crippen LogP contribution < -0.4 is 5.32 Å². The first-order valence-electron chi connectivity index (χ1n) is 4.28. The molecule has 0 aliphatic rings. The maximum absolute atomic E-state index is 11.3. The first-order chi connectivity index (χ1) is 6.58. The van der Waals surface area contributed by atoms with Crippen molar-refractivity contribution in [2.24, 2.45) is 0 Å². The molecular weight excluding hydrogens is 200 g/mol. The van der Waals surface area contributed by atoms with E-state index in [1.165, 1.54) is 0 Å². The molecule has 1 rings (SSSR count). The molecule has 0 saturated carbocycles. The van der Waals surface area contributed by atoms with Gasteiger partial charge in [-0.05, 0) is 32.3 Å². The summed E-state index contributed by atoms with van der Waals surface area (Å²) in [7, 11) is 3.69. The van der Waals surface area contributed by atoms with Crippen LogP contribution in [0.4, 0.5) is 5.69 Å². The molecule has 0 unspecified atom stereocenters. The number of carbonyl (C=O) groups excluding carboxylic acids is 1. The van der Waals surface area contributed by atoms with E-state index in [4.69, 9.17) is 11.6 Å². The van der Waals surface area contributed by atoms with Crippen molar-refractivity contribution in [3.8, 4) is 0 Å². The summed E-state index contributed by atoms with van der Waals surface area (Å²) < 4.78 is 0. The highest BCUT2D eigenvalue weighted by molar-refractivity contribution is 6.30. The lowest BCUT2D eigenvalue weighted by atomic mass is 10.3. The summed E-state index contributed by atoms with van der Waals surface area (Å²) in [5.74, 6) is -0.0442. The van der Waals surface area contributed by atoms with Crippen LogP contribution in [0.2, 0.25) is 5.02 Å². The molecule has 1 aromatic carbocycles. The largest absolute Gasteiger partial charge is 0.325 e. The van der Waals surface area contributed by atoms with Gasteiger partial charge in [-0.15, -0.1) is 0 Å². The molecule has 0 fully saturated rings. The van der Waals surface area contributed by atoms with Gasteiger partial charge < -0.3 is 10.2 Å². The number of likely N-dealkylation sites (N-methyl/N-ethyl adjacent to an activating group) is 1. The van der Waals surface area contributed by atoms with Crippen LogP contribution >= 0.6 is 11.6 Å². The fraction of sp³-hybridized carbons (Fsp3) is 0.300. The van der Waals surface area contributed by atoms with Gasteiger partial charge in [0, 0.05) is 10.7 Å². The Morgan fingerprint density at radius 1 is 1.50 bits per heavy atom. The van der Waals surface area contributed by atoms with Gasteiger partial charge in [0.2, 0.25) is 5.91 Å². The topological polar surface area (TPSA) is 32.3 Å². The fourth-order valence-corrected chi connectivity index (χ4v) is 1.24. The van der Waals surface area contributed by atoms with E-state index >= 15 is 0 Å². The van der Waals surface area contributed by atoms with Gasteiger partial charge in [0.25, 0.3) is 0 Å². The molecule has 1 aromatic rings. The summed E-state index contributed by atoms with van der Waals surface area (Å²) in [5, 5.41) is 3.37. The summed E-state index contributed by atoms with van der Waals surface area (Å²) in [6.07, 6.45) is 0. The van der Waals surface area contributed by atoms with Crippen LogP contribution in [0.5, 0.6) is 0 Å². The van der Waals surface area contributed by atoms with Gasteiger partial charge in [-0.1, -0.05) is 17.7 Å². The van der Waals surface area contributed by atoms with Crippen molar-refractivity contribution in [1.29, 1.82) is 0 Å². The maximum Gasteiger partial charge on any atom is 0.238 e. The number of hydrogen-bond acceptors (Lipinski definition) is 2. The first-order valence-corrected chi connectivity index (χ1v) is 4.66. The highest BCUT2D eigenvalue weighted by Crippen LogP contribution is 2.14. The van der Waals surface area contributed by atoms with Gasteiger partial charge in [-0.3, -0.25) is 4.79 Å². The van der Waals surface area contributed by atoms with Crippen molar-refractivity contribution in [3.63, 3.8) is 0 Å². The SMILES string of the molecule is CN(C)CC(=O)Nc1cccc(Cl)c1. The Morgan fingerprint density at radius 3 is 2.79 bits per heavy atom. The van der Waals surface area contributed by atoms with Crippen molar-refractivity contribution in [2.45, 2.75) is 0 Å². The van der Waals surface area contributed by atoms with Gasteiger partial charge in [-0.25, -0.2) is 0 Å². The van der Waals surface area contributed by atoms with Crippen molar-refractivity contribution in [1.82, 2.24) is 4.90 Å². The zero-order valence-corrected chi connectivity index (χ0v) is 9.01. The fourth-order valence-electron chi connectivity index (χ4n) is 1.05. The predicted molar refractivity (Wildman–Crippen MR) is 58.6 cm³/mol. The number of carbonyl (C=O) groups is 1. The minimum absolute atomic E-state index is 0.0442. The van der Waals surface area contributed by atoms with Gasteiger partial charge in [0.1, 0.15) is 0 Å². The van der Waals surface area contributed by atoms with Gasteiger partial charge in [0.05, 0.1) is 6.54 Å². The number of halogens is 1. The average molecular weight is 213 g/mol. The molecule has 0 aliphatic heterocycles. The van der Waals surface area contributed by atoms with E-state index in [1.807, 2.05) is 14.1 Å². The molecule has 0 radical (unpaired) electrons. The number of anilines is 1. The zero-order chi connectivity index (χ0) is 10.6. The summed E-state index contributed by atoms with van der Waals surface area (Å²) in [5.41, 5.74) is 0.726. The third-order valence-corrected chi connectivity index (χ3v) is 1.80. The number of rotatable bonds is 3. The van der Waals surface area contributed by atoms with Crippen molar-refractivity contribution >= 4 is 23.2 Å². The lowest BCUT2D eigenvalue weighted by Gasteiger charge is -2.09. The minimum Gasteiger partial charge on any atom is -0.325 e. The van der Waals surface area contributed by atoms with E-state index in [1.54, 1.807) is 29.2 Å². The zero-order valence-electron chi connectivity index (χ0n) is 8.25. The number of amides is 1. The van der Waals surface area contributed by atoms with Crippen LogP contribution in [0.3, 0.4) is 0 Å². The normalized spacial score (nSPS) is 10.3. The first kappa shape index (κ1) is 11.0. The summed E-state index contributed by atoms with van der Waals surface area (Å²) in [6.45, 7) is 0.368. The van der Waals surface area contributed by atoms with E-state index in [0.29, 0.717) is 11.6 Å². The summed E-state index contributed by atoms with van der Waals surface area (Å²) in [4.78, 5) is 13.1. The Labute approximate surface area is 88.7 Å². The van der Waals surface area contributed by atoms with Crippen molar-refractivity contribution < 1.29 is 4.79 Å². The Hall–Kier alpha value is -1.06. The molecule has 3 nitrogen and oxygen atoms in total. The van der Waals surface area contributed by atoms with E-state index in [-0.39, 0.29) is 5.91 Å². The molecule has 4 heteroatoms.